The van der Waals surface area contributed by atoms with Gasteiger partial charge in [0, 0.05) is 24.3 Å². The standard InChI is InChI=1S/C14H18F2N2O/c1-2-11-5-3-4-8-18(11)14(19)17-10-6-7-12(15)13(16)9-10/h6-7,9,11H,2-5,8H2,1H3,(H,17,19). The van der Waals surface area contributed by atoms with Crippen LogP contribution in [0.2, 0.25) is 0 Å². The molecule has 1 unspecified atom stereocenters. The molecular weight excluding hydrogens is 250 g/mol. The van der Waals surface area contributed by atoms with E-state index in [-0.39, 0.29) is 17.8 Å². The average molecular weight is 268 g/mol. The highest BCUT2D eigenvalue weighted by molar-refractivity contribution is 5.89. The summed E-state index contributed by atoms with van der Waals surface area (Å²) in [6.45, 7) is 2.77. The number of hydrogen-bond acceptors (Lipinski definition) is 1. The minimum Gasteiger partial charge on any atom is -0.322 e. The van der Waals surface area contributed by atoms with Crippen molar-refractivity contribution in [3.05, 3.63) is 29.8 Å². The van der Waals surface area contributed by atoms with E-state index in [2.05, 4.69) is 5.32 Å². The molecule has 1 aliphatic heterocycles. The predicted molar refractivity (Wildman–Crippen MR) is 70.0 cm³/mol. The number of urea groups is 1. The van der Waals surface area contributed by atoms with Crippen LogP contribution in [-0.2, 0) is 0 Å². The molecular formula is C14H18F2N2O. The zero-order valence-corrected chi connectivity index (χ0v) is 11.0. The van der Waals surface area contributed by atoms with Crippen LogP contribution in [0.15, 0.2) is 18.2 Å². The summed E-state index contributed by atoms with van der Waals surface area (Å²) < 4.78 is 25.9. The first kappa shape index (κ1) is 13.8. The average Bonchev–Trinajstić information content (AvgIpc) is 2.43. The van der Waals surface area contributed by atoms with Gasteiger partial charge in [-0.3, -0.25) is 0 Å². The monoisotopic (exact) mass is 268 g/mol. The molecule has 1 aliphatic rings. The third-order valence-electron chi connectivity index (χ3n) is 3.53. The number of hydrogen-bond donors (Lipinski definition) is 1. The number of nitrogens with zero attached hydrogens (tertiary/aromatic N) is 1. The minimum atomic E-state index is -0.955. The first-order valence-electron chi connectivity index (χ1n) is 6.64. The lowest BCUT2D eigenvalue weighted by Gasteiger charge is -2.35. The molecule has 0 spiro atoms. The van der Waals surface area contributed by atoms with E-state index in [0.717, 1.165) is 37.8 Å². The van der Waals surface area contributed by atoms with Crippen molar-refractivity contribution < 1.29 is 13.6 Å². The first-order chi connectivity index (χ1) is 9.11. The highest BCUT2D eigenvalue weighted by atomic mass is 19.2. The fourth-order valence-corrected chi connectivity index (χ4v) is 2.46. The molecule has 0 aromatic heterocycles. The Bertz CT molecular complexity index is 465. The van der Waals surface area contributed by atoms with E-state index in [0.29, 0.717) is 6.54 Å². The maximum absolute atomic E-state index is 13.1. The Hall–Kier alpha value is -1.65. The van der Waals surface area contributed by atoms with Crippen molar-refractivity contribution in [1.82, 2.24) is 4.90 Å². The van der Waals surface area contributed by atoms with E-state index >= 15 is 0 Å². The van der Waals surface area contributed by atoms with Crippen LogP contribution in [0.25, 0.3) is 0 Å². The van der Waals surface area contributed by atoms with E-state index in [9.17, 15) is 13.6 Å². The second kappa shape index (κ2) is 5.99. The SMILES string of the molecule is CCC1CCCCN1C(=O)Nc1ccc(F)c(F)c1. The molecule has 1 heterocycles. The molecule has 0 aliphatic carbocycles. The minimum absolute atomic E-state index is 0.235. The number of likely N-dealkylation sites (tertiary alicyclic amines) is 1. The zero-order valence-electron chi connectivity index (χ0n) is 11.0. The summed E-state index contributed by atoms with van der Waals surface area (Å²) in [5, 5.41) is 2.62. The third-order valence-corrected chi connectivity index (χ3v) is 3.53. The fraction of sp³-hybridized carbons (Fsp3) is 0.500. The van der Waals surface area contributed by atoms with Gasteiger partial charge in [-0.25, -0.2) is 13.6 Å². The predicted octanol–water partition coefficient (Wildman–Crippen LogP) is 3.76. The Morgan fingerprint density at radius 2 is 2.16 bits per heavy atom. The van der Waals surface area contributed by atoms with Gasteiger partial charge in [-0.15, -0.1) is 0 Å². The molecule has 2 amide bonds. The lowest BCUT2D eigenvalue weighted by molar-refractivity contribution is 0.160. The molecule has 0 saturated carbocycles. The molecule has 1 saturated heterocycles. The molecule has 1 fully saturated rings. The smallest absolute Gasteiger partial charge is 0.322 e. The van der Waals surface area contributed by atoms with Crippen molar-refractivity contribution in [3.63, 3.8) is 0 Å². The van der Waals surface area contributed by atoms with Gasteiger partial charge in [-0.1, -0.05) is 6.92 Å². The number of benzene rings is 1. The summed E-state index contributed by atoms with van der Waals surface area (Å²) in [5.41, 5.74) is 0.282. The molecule has 104 valence electrons. The van der Waals surface area contributed by atoms with Crippen molar-refractivity contribution in [3.8, 4) is 0 Å². The van der Waals surface area contributed by atoms with Crippen LogP contribution in [0.4, 0.5) is 19.3 Å². The van der Waals surface area contributed by atoms with Crippen molar-refractivity contribution in [2.24, 2.45) is 0 Å². The number of anilines is 1. The van der Waals surface area contributed by atoms with Crippen LogP contribution in [0.5, 0.6) is 0 Å². The van der Waals surface area contributed by atoms with Gasteiger partial charge in [0.25, 0.3) is 0 Å². The summed E-state index contributed by atoms with van der Waals surface area (Å²) in [5.74, 6) is -1.87. The van der Waals surface area contributed by atoms with Crippen LogP contribution in [-0.4, -0.2) is 23.5 Å². The number of carbonyl (C=O) groups excluding carboxylic acids is 1. The van der Waals surface area contributed by atoms with Gasteiger partial charge < -0.3 is 10.2 Å². The van der Waals surface area contributed by atoms with Gasteiger partial charge >= 0.3 is 6.03 Å². The van der Waals surface area contributed by atoms with E-state index in [1.165, 1.54) is 6.07 Å². The molecule has 19 heavy (non-hydrogen) atoms. The fourth-order valence-electron chi connectivity index (χ4n) is 2.46. The second-order valence-corrected chi connectivity index (χ2v) is 4.81. The number of amides is 2. The highest BCUT2D eigenvalue weighted by Gasteiger charge is 2.25. The van der Waals surface area contributed by atoms with Crippen molar-refractivity contribution in [2.75, 3.05) is 11.9 Å². The summed E-state index contributed by atoms with van der Waals surface area (Å²) in [6.07, 6.45) is 4.03. The van der Waals surface area contributed by atoms with Crippen LogP contribution in [0.3, 0.4) is 0 Å². The topological polar surface area (TPSA) is 32.3 Å². The molecule has 1 aromatic rings. The molecule has 0 bridgehead atoms. The number of piperidine rings is 1. The second-order valence-electron chi connectivity index (χ2n) is 4.81. The largest absolute Gasteiger partial charge is 0.322 e. The summed E-state index contributed by atoms with van der Waals surface area (Å²) in [7, 11) is 0. The third kappa shape index (κ3) is 3.22. The molecule has 5 heteroatoms. The highest BCUT2D eigenvalue weighted by Crippen LogP contribution is 2.21. The molecule has 3 nitrogen and oxygen atoms in total. The lowest BCUT2D eigenvalue weighted by atomic mass is 10.0. The van der Waals surface area contributed by atoms with Crippen LogP contribution >= 0.6 is 0 Å². The molecule has 2 rings (SSSR count). The summed E-state index contributed by atoms with van der Waals surface area (Å²) in [4.78, 5) is 13.9. The van der Waals surface area contributed by atoms with E-state index in [1.807, 2.05) is 6.92 Å². The van der Waals surface area contributed by atoms with Gasteiger partial charge in [-0.05, 0) is 37.8 Å². The van der Waals surface area contributed by atoms with E-state index in [1.54, 1.807) is 4.90 Å². The maximum atomic E-state index is 13.1. The van der Waals surface area contributed by atoms with Gasteiger partial charge in [0.05, 0.1) is 0 Å². The Morgan fingerprint density at radius 1 is 1.37 bits per heavy atom. The number of rotatable bonds is 2. The van der Waals surface area contributed by atoms with Crippen molar-refractivity contribution in [2.45, 2.75) is 38.6 Å². The Labute approximate surface area is 111 Å². The summed E-state index contributed by atoms with van der Waals surface area (Å²) >= 11 is 0. The van der Waals surface area contributed by atoms with Gasteiger partial charge in [0.15, 0.2) is 11.6 Å². The zero-order chi connectivity index (χ0) is 13.8. The normalized spacial score (nSPS) is 19.3. The Balaban J connectivity index is 2.05. The maximum Gasteiger partial charge on any atom is 0.322 e. The lowest BCUT2D eigenvalue weighted by Crippen LogP contribution is -2.45. The van der Waals surface area contributed by atoms with Crippen molar-refractivity contribution in [1.29, 1.82) is 0 Å². The van der Waals surface area contributed by atoms with Gasteiger partial charge in [-0.2, -0.15) is 0 Å². The Morgan fingerprint density at radius 3 is 2.84 bits per heavy atom. The molecule has 1 N–H and O–H groups in total. The number of carbonyl (C=O) groups is 1. The number of halogens is 2. The molecule has 0 radical (unpaired) electrons. The molecule has 1 aromatic carbocycles. The van der Waals surface area contributed by atoms with Gasteiger partial charge in [0.2, 0.25) is 0 Å². The van der Waals surface area contributed by atoms with E-state index in [4.69, 9.17) is 0 Å². The van der Waals surface area contributed by atoms with Crippen LogP contribution < -0.4 is 5.32 Å². The van der Waals surface area contributed by atoms with Crippen LogP contribution in [0.1, 0.15) is 32.6 Å². The van der Waals surface area contributed by atoms with E-state index < -0.39 is 11.6 Å². The quantitative estimate of drug-likeness (QED) is 0.870. The Kier molecular flexibility index (Phi) is 4.35. The van der Waals surface area contributed by atoms with Gasteiger partial charge in [0.1, 0.15) is 0 Å². The first-order valence-corrected chi connectivity index (χ1v) is 6.64. The van der Waals surface area contributed by atoms with Crippen LogP contribution in [0, 0.1) is 11.6 Å². The molecule has 1 atom stereocenters. The van der Waals surface area contributed by atoms with Crippen molar-refractivity contribution >= 4 is 11.7 Å². The number of nitrogens with one attached hydrogen (secondary N) is 1. The summed E-state index contributed by atoms with van der Waals surface area (Å²) in [6, 6.07) is 3.37.